The first kappa shape index (κ1) is 33.0. The number of hydrazone groups is 2. The van der Waals surface area contributed by atoms with Gasteiger partial charge in [-0.2, -0.15) is 10.2 Å². The van der Waals surface area contributed by atoms with Crippen molar-refractivity contribution >= 4 is 22.8 Å². The molecular weight excluding hydrogens is 641 g/mol. The lowest BCUT2D eigenvalue weighted by Gasteiger charge is -2.24. The molecule has 2 heterocycles. The van der Waals surface area contributed by atoms with E-state index in [0.717, 1.165) is 71.1 Å². The molecule has 0 saturated heterocycles. The number of para-hydroxylation sites is 2. The molecule has 0 unspecified atom stereocenters. The molecular formula is C46H42N4O2. The minimum atomic E-state index is 0.0887. The number of rotatable bonds is 13. The van der Waals surface area contributed by atoms with Crippen LogP contribution in [0.3, 0.4) is 0 Å². The molecule has 0 bridgehead atoms. The zero-order valence-electron chi connectivity index (χ0n) is 29.2. The third-order valence-electron chi connectivity index (χ3n) is 9.64. The lowest BCUT2D eigenvalue weighted by molar-refractivity contribution is 0.266. The van der Waals surface area contributed by atoms with Gasteiger partial charge in [0.15, 0.2) is 0 Å². The van der Waals surface area contributed by atoms with E-state index in [4.69, 9.17) is 19.7 Å². The fraction of sp³-hybridized carbons (Fsp3) is 0.174. The van der Waals surface area contributed by atoms with Crippen molar-refractivity contribution < 1.29 is 9.47 Å². The predicted octanol–water partition coefficient (Wildman–Crippen LogP) is 10.6. The van der Waals surface area contributed by atoms with E-state index in [-0.39, 0.29) is 12.1 Å². The van der Waals surface area contributed by atoms with Gasteiger partial charge in [0.25, 0.3) is 0 Å². The minimum Gasteiger partial charge on any atom is -0.494 e. The third kappa shape index (κ3) is 7.62. The molecule has 2 aliphatic heterocycles. The van der Waals surface area contributed by atoms with Crippen LogP contribution < -0.4 is 19.5 Å². The topological polar surface area (TPSA) is 49.7 Å². The Balaban J connectivity index is 0.864. The number of anilines is 2. The van der Waals surface area contributed by atoms with E-state index in [2.05, 4.69) is 143 Å². The van der Waals surface area contributed by atoms with Crippen molar-refractivity contribution in [3.8, 4) is 11.5 Å². The van der Waals surface area contributed by atoms with Gasteiger partial charge < -0.3 is 9.47 Å². The Kier molecular flexibility index (Phi) is 10.0. The van der Waals surface area contributed by atoms with Gasteiger partial charge in [-0.3, -0.25) is 10.0 Å². The molecule has 0 aliphatic carbocycles. The van der Waals surface area contributed by atoms with Gasteiger partial charge in [0.05, 0.1) is 48.1 Å². The van der Waals surface area contributed by atoms with Crippen LogP contribution in [0.25, 0.3) is 0 Å². The van der Waals surface area contributed by atoms with E-state index in [1.165, 1.54) is 11.1 Å². The van der Waals surface area contributed by atoms with Crippen LogP contribution in [0.15, 0.2) is 180 Å². The Bertz CT molecular complexity index is 1970. The molecule has 6 aromatic rings. The predicted molar refractivity (Wildman–Crippen MR) is 212 cm³/mol. The standard InChI is InChI=1S/C46H42N4O2/c1-5-17-35(18-6-1)43-33-45(49(47-43)39-23-9-3-10-24-39)37-21-15-27-41(31-37)51-29-13-14-30-52-42-28-16-22-38(32-42)46-34-44(36-19-7-2-8-20-36)48-50(46)40-25-11-4-12-26-40/h1-12,15-28,31-32,45-46H,13-14,29-30,33-34H2/t45-,46+. The van der Waals surface area contributed by atoms with Gasteiger partial charge in [-0.15, -0.1) is 0 Å². The van der Waals surface area contributed by atoms with Gasteiger partial charge >= 0.3 is 0 Å². The second kappa shape index (κ2) is 15.8. The molecule has 0 saturated carbocycles. The summed E-state index contributed by atoms with van der Waals surface area (Å²) in [5, 5.41) is 14.5. The first-order valence-electron chi connectivity index (χ1n) is 18.2. The molecule has 52 heavy (non-hydrogen) atoms. The number of ether oxygens (including phenoxy) is 2. The molecule has 6 aromatic carbocycles. The number of hydrogen-bond acceptors (Lipinski definition) is 6. The van der Waals surface area contributed by atoms with Crippen molar-refractivity contribution in [2.24, 2.45) is 10.2 Å². The summed E-state index contributed by atoms with van der Waals surface area (Å²) in [6.07, 6.45) is 3.44. The summed E-state index contributed by atoms with van der Waals surface area (Å²) in [6.45, 7) is 1.25. The molecule has 6 nitrogen and oxygen atoms in total. The molecule has 0 spiro atoms. The highest BCUT2D eigenvalue weighted by atomic mass is 16.5. The van der Waals surface area contributed by atoms with Crippen LogP contribution >= 0.6 is 0 Å². The minimum absolute atomic E-state index is 0.0887. The zero-order chi connectivity index (χ0) is 35.0. The Labute approximate surface area is 306 Å². The summed E-state index contributed by atoms with van der Waals surface area (Å²) >= 11 is 0. The summed E-state index contributed by atoms with van der Waals surface area (Å²) in [5.41, 5.74) is 9.04. The molecule has 0 radical (unpaired) electrons. The first-order chi connectivity index (χ1) is 25.8. The Morgan fingerprint density at radius 2 is 0.827 bits per heavy atom. The smallest absolute Gasteiger partial charge is 0.119 e. The van der Waals surface area contributed by atoms with Crippen LogP contribution in [0.2, 0.25) is 0 Å². The summed E-state index contributed by atoms with van der Waals surface area (Å²) < 4.78 is 12.5. The molecule has 0 aromatic heterocycles. The molecule has 258 valence electrons. The fourth-order valence-electron chi connectivity index (χ4n) is 6.99. The quantitative estimate of drug-likeness (QED) is 0.114. The maximum atomic E-state index is 6.27. The highest BCUT2D eigenvalue weighted by Gasteiger charge is 2.31. The SMILES string of the molecule is c1ccc(C2=NN(c3ccccc3)[C@@H](c3cccc(OCCCCOc4cccc([C@@H]5CC(c6ccccc6)=NN5c5ccccc5)c4)c3)C2)cc1. The van der Waals surface area contributed by atoms with Crippen LogP contribution in [0.5, 0.6) is 11.5 Å². The van der Waals surface area contributed by atoms with E-state index < -0.39 is 0 Å². The normalized spacial score (nSPS) is 16.8. The largest absolute Gasteiger partial charge is 0.494 e. The second-order valence-corrected chi connectivity index (χ2v) is 13.2. The van der Waals surface area contributed by atoms with E-state index in [1.54, 1.807) is 0 Å². The summed E-state index contributed by atoms with van der Waals surface area (Å²) in [4.78, 5) is 0. The van der Waals surface area contributed by atoms with E-state index in [0.29, 0.717) is 13.2 Å². The lowest BCUT2D eigenvalue weighted by Crippen LogP contribution is -2.18. The van der Waals surface area contributed by atoms with Gasteiger partial charge in [0.2, 0.25) is 0 Å². The molecule has 2 aliphatic rings. The maximum absolute atomic E-state index is 6.27. The zero-order valence-corrected chi connectivity index (χ0v) is 29.2. The number of hydrogen-bond donors (Lipinski definition) is 0. The summed E-state index contributed by atoms with van der Waals surface area (Å²) in [6, 6.07) is 58.8. The van der Waals surface area contributed by atoms with Crippen molar-refractivity contribution in [3.05, 3.63) is 192 Å². The number of unbranched alkanes of at least 4 members (excludes halogenated alkanes) is 1. The fourth-order valence-corrected chi connectivity index (χ4v) is 6.99. The van der Waals surface area contributed by atoms with Crippen molar-refractivity contribution in [1.82, 2.24) is 0 Å². The van der Waals surface area contributed by atoms with Crippen LogP contribution in [0, 0.1) is 0 Å². The van der Waals surface area contributed by atoms with Crippen molar-refractivity contribution in [3.63, 3.8) is 0 Å². The van der Waals surface area contributed by atoms with Gasteiger partial charge in [0, 0.05) is 12.8 Å². The molecule has 2 atom stereocenters. The first-order valence-corrected chi connectivity index (χ1v) is 18.2. The molecule has 0 amide bonds. The van der Waals surface area contributed by atoms with Crippen molar-refractivity contribution in [2.75, 3.05) is 23.2 Å². The second-order valence-electron chi connectivity index (χ2n) is 13.2. The van der Waals surface area contributed by atoms with Crippen LogP contribution in [0.4, 0.5) is 11.4 Å². The average Bonchev–Trinajstić information content (AvgIpc) is 3.88. The van der Waals surface area contributed by atoms with E-state index in [1.807, 2.05) is 36.4 Å². The monoisotopic (exact) mass is 682 g/mol. The highest BCUT2D eigenvalue weighted by molar-refractivity contribution is 6.04. The van der Waals surface area contributed by atoms with E-state index >= 15 is 0 Å². The van der Waals surface area contributed by atoms with Crippen LogP contribution in [0.1, 0.15) is 60.0 Å². The van der Waals surface area contributed by atoms with Gasteiger partial charge in [-0.05, 0) is 83.6 Å². The van der Waals surface area contributed by atoms with Gasteiger partial charge in [-0.1, -0.05) is 121 Å². The molecule has 8 rings (SSSR count). The average molecular weight is 683 g/mol. The Morgan fingerprint density at radius 1 is 0.442 bits per heavy atom. The summed E-state index contributed by atoms with van der Waals surface area (Å²) in [7, 11) is 0. The summed E-state index contributed by atoms with van der Waals surface area (Å²) in [5.74, 6) is 1.76. The number of nitrogens with zero attached hydrogens (tertiary/aromatic N) is 4. The van der Waals surface area contributed by atoms with Gasteiger partial charge in [0.1, 0.15) is 11.5 Å². The highest BCUT2D eigenvalue weighted by Crippen LogP contribution is 2.39. The maximum Gasteiger partial charge on any atom is 0.119 e. The molecule has 6 heteroatoms. The number of benzene rings is 6. The third-order valence-corrected chi connectivity index (χ3v) is 9.64. The molecule has 0 fully saturated rings. The Hall–Kier alpha value is -6.14. The molecule has 0 N–H and O–H groups in total. The van der Waals surface area contributed by atoms with Crippen molar-refractivity contribution in [2.45, 2.75) is 37.8 Å². The van der Waals surface area contributed by atoms with E-state index in [9.17, 15) is 0 Å². The Morgan fingerprint density at radius 3 is 1.23 bits per heavy atom. The van der Waals surface area contributed by atoms with Crippen molar-refractivity contribution in [1.29, 1.82) is 0 Å². The van der Waals surface area contributed by atoms with Crippen LogP contribution in [-0.2, 0) is 0 Å². The lowest BCUT2D eigenvalue weighted by atomic mass is 9.98. The van der Waals surface area contributed by atoms with Gasteiger partial charge in [-0.25, -0.2) is 0 Å². The van der Waals surface area contributed by atoms with Crippen LogP contribution in [-0.4, -0.2) is 24.6 Å².